The summed E-state index contributed by atoms with van der Waals surface area (Å²) in [6.07, 6.45) is 1.63. The second-order valence-electron chi connectivity index (χ2n) is 7.28. The summed E-state index contributed by atoms with van der Waals surface area (Å²) in [6, 6.07) is 13.2. The Balaban J connectivity index is 1.67. The third-order valence-electron chi connectivity index (χ3n) is 5.34. The van der Waals surface area contributed by atoms with Gasteiger partial charge in [-0.25, -0.2) is 9.98 Å². The number of aliphatic imine (C=N–C) groups is 1. The van der Waals surface area contributed by atoms with Crippen LogP contribution in [0.5, 0.6) is 0 Å². The molecule has 0 saturated heterocycles. The number of nitrogens with two attached hydrogens (primary N) is 1. The number of H-pyrrole nitrogens is 1. The lowest BCUT2D eigenvalue weighted by Gasteiger charge is -2.37. The van der Waals surface area contributed by atoms with E-state index in [4.69, 9.17) is 10.5 Å². The molecule has 0 saturated carbocycles. The van der Waals surface area contributed by atoms with Crippen LogP contribution in [0.25, 0.3) is 11.0 Å². The highest BCUT2D eigenvalue weighted by Crippen LogP contribution is 2.43. The van der Waals surface area contributed by atoms with Crippen molar-refractivity contribution in [1.29, 1.82) is 0 Å². The molecule has 2 aromatic carbocycles. The predicted molar refractivity (Wildman–Crippen MR) is 105 cm³/mol. The molecule has 5 nitrogen and oxygen atoms in total. The Bertz CT molecular complexity index is 1040. The molecule has 4 rings (SSSR count). The van der Waals surface area contributed by atoms with E-state index in [1.165, 1.54) is 12.5 Å². The van der Waals surface area contributed by atoms with Crippen LogP contribution in [0.15, 0.2) is 47.5 Å². The molecule has 3 N–H and O–H groups in total. The van der Waals surface area contributed by atoms with E-state index in [0.717, 1.165) is 23.3 Å². The highest BCUT2D eigenvalue weighted by atomic mass is 19.3. The fourth-order valence-corrected chi connectivity index (χ4v) is 3.45. The molecule has 0 aliphatic carbocycles. The lowest BCUT2D eigenvalue weighted by Crippen LogP contribution is -2.50. The second-order valence-corrected chi connectivity index (χ2v) is 7.28. The highest BCUT2D eigenvalue weighted by molar-refractivity contribution is 5.77. The summed E-state index contributed by atoms with van der Waals surface area (Å²) >= 11 is 0. The fourth-order valence-electron chi connectivity index (χ4n) is 3.45. The van der Waals surface area contributed by atoms with Gasteiger partial charge in [0.25, 0.3) is 6.02 Å². The van der Waals surface area contributed by atoms with Crippen LogP contribution in [0.3, 0.4) is 0 Å². The summed E-state index contributed by atoms with van der Waals surface area (Å²) in [5.74, 6) is -2.39. The van der Waals surface area contributed by atoms with Crippen molar-refractivity contribution in [3.63, 3.8) is 0 Å². The Labute approximate surface area is 161 Å². The molecule has 0 fully saturated rings. The summed E-state index contributed by atoms with van der Waals surface area (Å²) in [7, 11) is 0. The van der Waals surface area contributed by atoms with Gasteiger partial charge in [0.15, 0.2) is 12.1 Å². The molecule has 1 aliphatic rings. The van der Waals surface area contributed by atoms with Gasteiger partial charge in [-0.3, -0.25) is 0 Å². The van der Waals surface area contributed by atoms with E-state index >= 15 is 0 Å². The number of alkyl halides is 2. The molecular formula is C21H22F2N4O. The van der Waals surface area contributed by atoms with E-state index in [1.807, 2.05) is 0 Å². The summed E-state index contributed by atoms with van der Waals surface area (Å²) in [6.45, 7) is 2.70. The first-order valence-electron chi connectivity index (χ1n) is 9.23. The second kappa shape index (κ2) is 6.58. The van der Waals surface area contributed by atoms with Gasteiger partial charge < -0.3 is 15.5 Å². The average molecular weight is 384 g/mol. The van der Waals surface area contributed by atoms with Crippen LogP contribution in [0.4, 0.5) is 8.78 Å². The predicted octanol–water partition coefficient (Wildman–Crippen LogP) is 3.91. The van der Waals surface area contributed by atoms with Crippen LogP contribution < -0.4 is 5.73 Å². The molecule has 0 bridgehead atoms. The minimum absolute atomic E-state index is 0.227. The maximum absolute atomic E-state index is 14.6. The van der Waals surface area contributed by atoms with Crippen molar-refractivity contribution >= 4 is 17.1 Å². The maximum Gasteiger partial charge on any atom is 0.310 e. The van der Waals surface area contributed by atoms with Crippen LogP contribution in [-0.2, 0) is 23.1 Å². The number of aromatic nitrogens is 2. The van der Waals surface area contributed by atoms with E-state index < -0.39 is 18.1 Å². The molecule has 2 heterocycles. The van der Waals surface area contributed by atoms with Crippen molar-refractivity contribution in [2.75, 3.05) is 6.61 Å². The minimum Gasteiger partial charge on any atom is -0.459 e. The van der Waals surface area contributed by atoms with E-state index in [0.29, 0.717) is 17.5 Å². The highest BCUT2D eigenvalue weighted by Gasteiger charge is 2.55. The number of benzene rings is 2. The SMILES string of the molecule is CCc1ccc(Cc2nc3ccc(C4(C)N=C(N)OCC4(F)F)cc3[nH]2)cc1. The zero-order chi connectivity index (χ0) is 19.9. The van der Waals surface area contributed by atoms with Gasteiger partial charge in [-0.1, -0.05) is 37.3 Å². The molecule has 3 aromatic rings. The molecule has 28 heavy (non-hydrogen) atoms. The largest absolute Gasteiger partial charge is 0.459 e. The number of rotatable bonds is 4. The first-order valence-corrected chi connectivity index (χ1v) is 9.23. The van der Waals surface area contributed by atoms with Crippen LogP contribution in [-0.4, -0.2) is 28.5 Å². The Morgan fingerprint density at radius 2 is 1.86 bits per heavy atom. The molecule has 1 aliphatic heterocycles. The van der Waals surface area contributed by atoms with Gasteiger partial charge >= 0.3 is 5.92 Å². The molecule has 1 atom stereocenters. The summed E-state index contributed by atoms with van der Waals surface area (Å²) in [4.78, 5) is 11.7. The fraction of sp³-hybridized carbons (Fsp3) is 0.333. The number of amidine groups is 1. The Hall–Kier alpha value is -2.96. The molecule has 1 aromatic heterocycles. The van der Waals surface area contributed by atoms with Crippen molar-refractivity contribution in [1.82, 2.24) is 9.97 Å². The molecule has 146 valence electrons. The van der Waals surface area contributed by atoms with E-state index in [9.17, 15) is 8.78 Å². The Morgan fingerprint density at radius 3 is 2.57 bits per heavy atom. The van der Waals surface area contributed by atoms with Crippen molar-refractivity contribution in [3.05, 3.63) is 65.0 Å². The van der Waals surface area contributed by atoms with Crippen LogP contribution in [0.2, 0.25) is 0 Å². The number of halogens is 2. The van der Waals surface area contributed by atoms with Gasteiger partial charge in [0.2, 0.25) is 0 Å². The van der Waals surface area contributed by atoms with Crippen molar-refractivity contribution in [3.8, 4) is 0 Å². The first-order chi connectivity index (χ1) is 13.3. The number of nitrogens with one attached hydrogen (secondary N) is 1. The standard InChI is InChI=1S/C21H22F2N4O/c1-3-13-4-6-14(7-5-13)10-18-25-16-9-8-15(11-17(16)26-18)20(2)21(22,23)12-28-19(24)27-20/h4-9,11H,3,10,12H2,1-2H3,(H2,24,27)(H,25,26). The van der Waals surface area contributed by atoms with Gasteiger partial charge in [-0.2, -0.15) is 8.78 Å². The van der Waals surface area contributed by atoms with Crippen LogP contribution in [0.1, 0.15) is 36.4 Å². The molecular weight excluding hydrogens is 362 g/mol. The van der Waals surface area contributed by atoms with Crippen LogP contribution in [0, 0.1) is 0 Å². The zero-order valence-corrected chi connectivity index (χ0v) is 15.8. The van der Waals surface area contributed by atoms with E-state index in [-0.39, 0.29) is 6.02 Å². The number of aromatic amines is 1. The number of ether oxygens (including phenoxy) is 1. The van der Waals surface area contributed by atoms with Crippen molar-refractivity contribution in [2.45, 2.75) is 38.2 Å². The zero-order valence-electron chi connectivity index (χ0n) is 15.8. The third kappa shape index (κ3) is 3.10. The van der Waals surface area contributed by atoms with Gasteiger partial charge in [0.1, 0.15) is 5.82 Å². The quantitative estimate of drug-likeness (QED) is 0.716. The van der Waals surface area contributed by atoms with Gasteiger partial charge in [-0.15, -0.1) is 0 Å². The van der Waals surface area contributed by atoms with Gasteiger partial charge in [0.05, 0.1) is 11.0 Å². The monoisotopic (exact) mass is 384 g/mol. The topological polar surface area (TPSA) is 76.3 Å². The number of hydrogen-bond donors (Lipinski definition) is 2. The normalized spacial score (nSPS) is 21.4. The summed E-state index contributed by atoms with van der Waals surface area (Å²) < 4.78 is 33.8. The van der Waals surface area contributed by atoms with Gasteiger partial charge in [-0.05, 0) is 42.2 Å². The van der Waals surface area contributed by atoms with E-state index in [2.05, 4.69) is 46.1 Å². The van der Waals surface area contributed by atoms with E-state index in [1.54, 1.807) is 18.2 Å². The lowest BCUT2D eigenvalue weighted by atomic mass is 9.85. The summed E-state index contributed by atoms with van der Waals surface area (Å²) in [5, 5.41) is 0. The number of nitrogens with zero attached hydrogens (tertiary/aromatic N) is 2. The maximum atomic E-state index is 14.6. The number of fused-ring (bicyclic) bond motifs is 1. The van der Waals surface area contributed by atoms with Crippen molar-refractivity contribution in [2.24, 2.45) is 10.7 Å². The van der Waals surface area contributed by atoms with Gasteiger partial charge in [0, 0.05) is 6.42 Å². The summed E-state index contributed by atoms with van der Waals surface area (Å²) in [5.41, 5.74) is 7.97. The third-order valence-corrected chi connectivity index (χ3v) is 5.34. The smallest absolute Gasteiger partial charge is 0.310 e. The molecule has 0 radical (unpaired) electrons. The Kier molecular flexibility index (Phi) is 4.33. The van der Waals surface area contributed by atoms with Crippen molar-refractivity contribution < 1.29 is 13.5 Å². The number of imidazole rings is 1. The molecule has 0 spiro atoms. The lowest BCUT2D eigenvalue weighted by molar-refractivity contribution is -0.116. The Morgan fingerprint density at radius 1 is 1.14 bits per heavy atom. The van der Waals surface area contributed by atoms with Crippen LogP contribution >= 0.6 is 0 Å². The molecule has 7 heteroatoms. The molecule has 0 amide bonds. The molecule has 1 unspecified atom stereocenters. The number of aryl methyl sites for hydroxylation is 1. The first kappa shape index (κ1) is 18.4. The average Bonchev–Trinajstić information content (AvgIpc) is 3.07. The number of hydrogen-bond acceptors (Lipinski definition) is 4. The minimum atomic E-state index is -3.17.